The smallest absolute Gasteiger partial charge is 0.413 e. The molecule has 4 aromatic rings. The molecule has 0 saturated carbocycles. The first-order valence-electron chi connectivity index (χ1n) is 19.6. The molecule has 0 aliphatic carbocycles. The molecule has 1 aromatic heterocycles. The van der Waals surface area contributed by atoms with Crippen LogP contribution in [-0.4, -0.2) is 87.3 Å². The first-order valence-corrected chi connectivity index (χ1v) is 22.4. The minimum Gasteiger partial charge on any atom is -0.497 e. The average Bonchev–Trinajstić information content (AvgIpc) is 3.62. The van der Waals surface area contributed by atoms with E-state index in [0.717, 1.165) is 11.3 Å². The number of carbonyl (C=O) groups is 5. The van der Waals surface area contributed by atoms with Crippen LogP contribution in [-0.2, 0) is 44.8 Å². The van der Waals surface area contributed by atoms with Gasteiger partial charge in [-0.25, -0.2) is 19.4 Å². The molecule has 2 aliphatic heterocycles. The zero-order valence-electron chi connectivity index (χ0n) is 35.1. The van der Waals surface area contributed by atoms with Crippen molar-refractivity contribution in [3.63, 3.8) is 0 Å². The lowest BCUT2D eigenvalue weighted by Gasteiger charge is -2.49. The molecule has 0 spiro atoms. The maximum absolute atomic E-state index is 14.3. The Morgan fingerprint density at radius 1 is 0.968 bits per heavy atom. The maximum Gasteiger partial charge on any atom is 0.413 e. The van der Waals surface area contributed by atoms with Crippen LogP contribution >= 0.6 is 46.3 Å². The number of benzene rings is 3. The molecule has 19 heteroatoms. The van der Waals surface area contributed by atoms with Crippen molar-refractivity contribution in [2.24, 2.45) is 11.1 Å². The van der Waals surface area contributed by atoms with Crippen molar-refractivity contribution in [1.29, 1.82) is 0 Å². The van der Waals surface area contributed by atoms with Gasteiger partial charge in [-0.1, -0.05) is 115 Å². The number of esters is 2. The Morgan fingerprint density at radius 2 is 1.60 bits per heavy atom. The highest BCUT2D eigenvalue weighted by atomic mass is 35.5. The van der Waals surface area contributed by atoms with Gasteiger partial charge in [0.15, 0.2) is 16.9 Å². The van der Waals surface area contributed by atoms with Crippen LogP contribution in [0.25, 0.3) is 0 Å². The number of hydrogen-bond donors (Lipinski definition) is 2. The van der Waals surface area contributed by atoms with Gasteiger partial charge in [0.2, 0.25) is 6.10 Å². The van der Waals surface area contributed by atoms with Crippen LogP contribution in [0.2, 0.25) is 4.34 Å². The molecular weight excluding hydrogens is 894 g/mol. The summed E-state index contributed by atoms with van der Waals surface area (Å²) in [5.74, 6) is -2.77. The van der Waals surface area contributed by atoms with Gasteiger partial charge in [-0.2, -0.15) is 0 Å². The molecule has 2 unspecified atom stereocenters. The normalized spacial score (nSPS) is 16.8. The Balaban J connectivity index is 1.25. The number of aromatic nitrogens is 1. The number of amides is 3. The number of carbonyl (C=O) groups excluding carboxylic acids is 5. The molecule has 63 heavy (non-hydrogen) atoms. The van der Waals surface area contributed by atoms with Crippen LogP contribution in [0.15, 0.2) is 101 Å². The van der Waals surface area contributed by atoms with Crippen molar-refractivity contribution in [3.8, 4) is 5.75 Å². The molecule has 3 heterocycles. The number of β-lactam (4-membered cyclic amide) rings is 1. The molecule has 3 amide bonds. The number of nitrogens with one attached hydrogen (secondary N) is 2. The van der Waals surface area contributed by atoms with Gasteiger partial charge in [-0.3, -0.25) is 19.8 Å². The molecule has 3 atom stereocenters. The number of nitrogens with zero attached hydrogens (tertiary/aromatic N) is 3. The summed E-state index contributed by atoms with van der Waals surface area (Å²) < 4.78 is 22.1. The first kappa shape index (κ1) is 46.9. The molecule has 0 bridgehead atoms. The Hall–Kier alpha value is -5.62. The fourth-order valence-electron chi connectivity index (χ4n) is 6.32. The van der Waals surface area contributed by atoms with Crippen LogP contribution in [0, 0.1) is 5.92 Å². The lowest BCUT2D eigenvalue weighted by molar-refractivity contribution is -0.164. The monoisotopic (exact) mass is 937 g/mol. The summed E-state index contributed by atoms with van der Waals surface area (Å²) in [7, 11) is 1.54. The van der Waals surface area contributed by atoms with E-state index in [1.54, 1.807) is 66.0 Å². The van der Waals surface area contributed by atoms with Crippen molar-refractivity contribution in [3.05, 3.63) is 123 Å². The van der Waals surface area contributed by atoms with Crippen molar-refractivity contribution < 1.29 is 47.8 Å². The van der Waals surface area contributed by atoms with Gasteiger partial charge in [-0.05, 0) is 55.2 Å². The van der Waals surface area contributed by atoms with E-state index in [-0.39, 0.29) is 39.1 Å². The average molecular weight is 939 g/mol. The molecule has 2 N–H and O–H groups in total. The highest BCUT2D eigenvalue weighted by Gasteiger charge is 2.55. The second-order valence-electron chi connectivity index (χ2n) is 15.5. The summed E-state index contributed by atoms with van der Waals surface area (Å²) in [6.45, 7) is 8.40. The van der Waals surface area contributed by atoms with E-state index >= 15 is 0 Å². The number of thioether (sulfide) groups is 1. The van der Waals surface area contributed by atoms with E-state index in [1.807, 2.05) is 60.7 Å². The summed E-state index contributed by atoms with van der Waals surface area (Å²) in [5, 5.41) is 8.56. The van der Waals surface area contributed by atoms with E-state index < -0.39 is 70.7 Å². The maximum atomic E-state index is 14.3. The minimum atomic E-state index is -1.35. The van der Waals surface area contributed by atoms with Gasteiger partial charge in [-0.15, -0.1) is 23.4 Å². The van der Waals surface area contributed by atoms with Gasteiger partial charge >= 0.3 is 18.0 Å². The number of fused-ring (bicyclic) bond motifs is 1. The molecule has 2 aliphatic rings. The second-order valence-corrected chi connectivity index (χ2v) is 18.5. The Bertz CT molecular complexity index is 2330. The number of anilines is 1. The fourth-order valence-corrected chi connectivity index (χ4v) is 9.03. The number of alkyl halides is 1. The van der Waals surface area contributed by atoms with Crippen molar-refractivity contribution in [1.82, 2.24) is 15.2 Å². The highest BCUT2D eigenvalue weighted by molar-refractivity contribution is 8.00. The predicted octanol–water partition coefficient (Wildman–Crippen LogP) is 7.87. The Kier molecular flexibility index (Phi) is 15.4. The van der Waals surface area contributed by atoms with Crippen LogP contribution < -0.4 is 15.4 Å². The zero-order chi connectivity index (χ0) is 45.4. The fraction of sp³-hybridized carbons (Fsp3) is 0.341. The highest BCUT2D eigenvalue weighted by Crippen LogP contribution is 2.41. The Morgan fingerprint density at radius 3 is 2.17 bits per heavy atom. The van der Waals surface area contributed by atoms with E-state index in [1.165, 1.54) is 16.7 Å². The van der Waals surface area contributed by atoms with Gasteiger partial charge < -0.3 is 29.1 Å². The SMILES string of the molecule is COc1ccc(COC(=O)C2=C(CCl)CSC3C(NC(=O)C(=NO[C@@H](C(=O)OC(c4ccccc4)c4ccccc4)C(C)C)c4nc(NC(=O)OC(C)(C)C)sc4Cl)C(=O)N23)cc1. The third-order valence-electron chi connectivity index (χ3n) is 9.38. The van der Waals surface area contributed by atoms with Crippen LogP contribution in [0.4, 0.5) is 9.93 Å². The van der Waals surface area contributed by atoms with Crippen molar-refractivity contribution in [2.45, 2.75) is 70.5 Å². The van der Waals surface area contributed by atoms with Crippen LogP contribution in [0.1, 0.15) is 63.1 Å². The number of thiazole rings is 1. The molecule has 3 aromatic carbocycles. The van der Waals surface area contributed by atoms with Crippen molar-refractivity contribution in [2.75, 3.05) is 24.1 Å². The number of rotatable bonds is 16. The molecular formula is C44H45Cl2N5O10S2. The van der Waals surface area contributed by atoms with E-state index in [4.69, 9.17) is 47.0 Å². The van der Waals surface area contributed by atoms with Gasteiger partial charge in [0.1, 0.15) is 45.1 Å². The third kappa shape index (κ3) is 11.5. The summed E-state index contributed by atoms with van der Waals surface area (Å²) >= 11 is 15.0. The number of ether oxygens (including phenoxy) is 4. The Labute approximate surface area is 382 Å². The van der Waals surface area contributed by atoms with Gasteiger partial charge in [0.25, 0.3) is 11.8 Å². The van der Waals surface area contributed by atoms with E-state index in [2.05, 4.69) is 20.8 Å². The minimum absolute atomic E-state index is 0.00186. The number of hydrogen-bond acceptors (Lipinski definition) is 14. The lowest BCUT2D eigenvalue weighted by Crippen LogP contribution is -2.71. The quantitative estimate of drug-likeness (QED) is 0.0277. The largest absolute Gasteiger partial charge is 0.497 e. The molecule has 0 radical (unpaired) electrons. The van der Waals surface area contributed by atoms with Gasteiger partial charge in [0, 0.05) is 17.6 Å². The summed E-state index contributed by atoms with van der Waals surface area (Å²) in [6, 6.07) is 24.1. The van der Waals surface area contributed by atoms with Crippen LogP contribution in [0.3, 0.4) is 0 Å². The molecule has 6 rings (SSSR count). The summed E-state index contributed by atoms with van der Waals surface area (Å²) in [6.07, 6.45) is -2.98. The lowest BCUT2D eigenvalue weighted by atomic mass is 10.0. The number of halogens is 2. The number of methoxy groups -OCH3 is 1. The van der Waals surface area contributed by atoms with E-state index in [9.17, 15) is 24.0 Å². The summed E-state index contributed by atoms with van der Waals surface area (Å²) in [4.78, 5) is 79.8. The van der Waals surface area contributed by atoms with Gasteiger partial charge in [0.05, 0.1) is 7.11 Å². The first-order chi connectivity index (χ1) is 30.1. The predicted molar refractivity (Wildman–Crippen MR) is 240 cm³/mol. The second kappa shape index (κ2) is 20.7. The number of oxime groups is 1. The standard InChI is InChI=1S/C44H45Cl2N5O10S2/c1-24(2)34(41(55)59-35(26-13-9-7-10-14-26)27-15-11-8-12-16-27)61-50-31(30-36(46)63-42(48-30)49-43(56)60-44(3,4)5)37(52)47-32-38(53)51-33(28(21-45)23-62-39(32)51)40(54)58-22-25-17-19-29(57-6)20-18-25/h7-20,24,32,34-35,39H,21-23H2,1-6H3,(H,47,52)(H,48,49,56)/t32?,34-,39?/m1/s1. The topological polar surface area (TPSA) is 184 Å². The molecule has 1 fully saturated rings. The molecule has 1 saturated heterocycles. The van der Waals surface area contributed by atoms with E-state index in [0.29, 0.717) is 28.0 Å². The summed E-state index contributed by atoms with van der Waals surface area (Å²) in [5.41, 5.74) is 1.03. The third-order valence-corrected chi connectivity index (χ3v) is 12.2. The zero-order valence-corrected chi connectivity index (χ0v) is 38.2. The molecule has 332 valence electrons. The molecule has 15 nitrogen and oxygen atoms in total. The van der Waals surface area contributed by atoms with Crippen LogP contribution in [0.5, 0.6) is 5.75 Å². The van der Waals surface area contributed by atoms with Crippen molar-refractivity contribution >= 4 is 87.0 Å².